The van der Waals surface area contributed by atoms with Crippen molar-refractivity contribution in [3.8, 4) is 11.3 Å². The predicted octanol–water partition coefficient (Wildman–Crippen LogP) is 2.85. The van der Waals surface area contributed by atoms with Crippen LogP contribution in [0.5, 0.6) is 0 Å². The van der Waals surface area contributed by atoms with Crippen LogP contribution in [0.4, 0.5) is 10.1 Å². The first-order chi connectivity index (χ1) is 12.0. The van der Waals surface area contributed by atoms with Crippen LogP contribution in [-0.4, -0.2) is 20.7 Å². The lowest BCUT2D eigenvalue weighted by Crippen LogP contribution is -2.29. The molecule has 0 aliphatic heterocycles. The van der Waals surface area contributed by atoms with Gasteiger partial charge in [-0.05, 0) is 36.4 Å². The number of halogens is 2. The lowest BCUT2D eigenvalue weighted by Gasteiger charge is -2.09. The SMILES string of the molecule is O=C(Cn1nc(-c2ccncc2)ccc1=O)Nc1ccc(Br)cc1F. The third kappa shape index (κ3) is 4.16. The number of carbonyl (C=O) groups is 1. The predicted molar refractivity (Wildman–Crippen MR) is 94.5 cm³/mol. The maximum absolute atomic E-state index is 13.8. The van der Waals surface area contributed by atoms with Crippen molar-refractivity contribution in [2.45, 2.75) is 6.54 Å². The van der Waals surface area contributed by atoms with Crippen LogP contribution in [0.1, 0.15) is 0 Å². The number of amides is 1. The Kier molecular flexibility index (Phi) is 4.99. The van der Waals surface area contributed by atoms with Crippen molar-refractivity contribution in [1.29, 1.82) is 0 Å². The van der Waals surface area contributed by atoms with Gasteiger partial charge in [0.1, 0.15) is 12.4 Å². The molecule has 6 nitrogen and oxygen atoms in total. The molecule has 2 aromatic heterocycles. The second-order valence-electron chi connectivity index (χ2n) is 5.12. The minimum atomic E-state index is -0.575. The van der Waals surface area contributed by atoms with Crippen LogP contribution in [0.2, 0.25) is 0 Å². The van der Waals surface area contributed by atoms with Gasteiger partial charge in [-0.1, -0.05) is 15.9 Å². The molecule has 1 N–H and O–H groups in total. The van der Waals surface area contributed by atoms with Crippen LogP contribution in [0.3, 0.4) is 0 Å². The molecular formula is C17H12BrFN4O2. The fraction of sp³-hybridized carbons (Fsp3) is 0.0588. The van der Waals surface area contributed by atoms with Gasteiger partial charge >= 0.3 is 0 Å². The van der Waals surface area contributed by atoms with E-state index in [1.807, 2.05) is 0 Å². The number of nitrogens with zero attached hydrogens (tertiary/aromatic N) is 3. The minimum Gasteiger partial charge on any atom is -0.322 e. The number of hydrogen-bond acceptors (Lipinski definition) is 4. The van der Waals surface area contributed by atoms with Gasteiger partial charge in [-0.2, -0.15) is 5.10 Å². The van der Waals surface area contributed by atoms with Crippen molar-refractivity contribution in [1.82, 2.24) is 14.8 Å². The van der Waals surface area contributed by atoms with Gasteiger partial charge < -0.3 is 5.32 Å². The summed E-state index contributed by atoms with van der Waals surface area (Å²) in [7, 11) is 0. The monoisotopic (exact) mass is 402 g/mol. The van der Waals surface area contributed by atoms with Gasteiger partial charge in [0, 0.05) is 28.5 Å². The van der Waals surface area contributed by atoms with Crippen molar-refractivity contribution < 1.29 is 9.18 Å². The largest absolute Gasteiger partial charge is 0.322 e. The lowest BCUT2D eigenvalue weighted by molar-refractivity contribution is -0.117. The Morgan fingerprint density at radius 3 is 2.64 bits per heavy atom. The van der Waals surface area contributed by atoms with Crippen LogP contribution < -0.4 is 10.9 Å². The normalized spacial score (nSPS) is 10.5. The second-order valence-corrected chi connectivity index (χ2v) is 6.04. The summed E-state index contributed by atoms with van der Waals surface area (Å²) in [4.78, 5) is 28.0. The smallest absolute Gasteiger partial charge is 0.267 e. The van der Waals surface area contributed by atoms with Crippen LogP contribution in [0.25, 0.3) is 11.3 Å². The number of benzene rings is 1. The van der Waals surface area contributed by atoms with Crippen molar-refractivity contribution in [2.75, 3.05) is 5.32 Å². The Balaban J connectivity index is 1.80. The first-order valence-corrected chi connectivity index (χ1v) is 8.06. The molecule has 0 spiro atoms. The third-order valence-electron chi connectivity index (χ3n) is 3.34. The van der Waals surface area contributed by atoms with Gasteiger partial charge in [0.25, 0.3) is 5.56 Å². The summed E-state index contributed by atoms with van der Waals surface area (Å²) in [5.74, 6) is -1.13. The zero-order valence-corrected chi connectivity index (χ0v) is 14.4. The summed E-state index contributed by atoms with van der Waals surface area (Å²) in [6.07, 6.45) is 3.21. The van der Waals surface area contributed by atoms with E-state index in [0.717, 1.165) is 10.2 Å². The molecule has 8 heteroatoms. The summed E-state index contributed by atoms with van der Waals surface area (Å²) in [6.45, 7) is -0.326. The third-order valence-corrected chi connectivity index (χ3v) is 3.83. The van der Waals surface area contributed by atoms with Gasteiger partial charge in [0.15, 0.2) is 0 Å². The van der Waals surface area contributed by atoms with Gasteiger partial charge in [0.2, 0.25) is 5.91 Å². The maximum Gasteiger partial charge on any atom is 0.267 e. The molecule has 0 aliphatic carbocycles. The minimum absolute atomic E-state index is 0.0338. The summed E-state index contributed by atoms with van der Waals surface area (Å²) in [5.41, 5.74) is 0.906. The molecule has 126 valence electrons. The molecule has 0 unspecified atom stereocenters. The summed E-state index contributed by atoms with van der Waals surface area (Å²) in [5, 5.41) is 6.60. The number of hydrogen-bond donors (Lipinski definition) is 1. The van der Waals surface area contributed by atoms with Crippen molar-refractivity contribution in [2.24, 2.45) is 0 Å². The summed E-state index contributed by atoms with van der Waals surface area (Å²) >= 11 is 3.14. The number of pyridine rings is 1. The van der Waals surface area contributed by atoms with Gasteiger partial charge in [-0.3, -0.25) is 14.6 Å². The Morgan fingerprint density at radius 1 is 1.16 bits per heavy atom. The highest BCUT2D eigenvalue weighted by Gasteiger charge is 2.11. The number of nitrogens with one attached hydrogen (secondary N) is 1. The van der Waals surface area contributed by atoms with Crippen LogP contribution >= 0.6 is 15.9 Å². The molecule has 1 amide bonds. The highest BCUT2D eigenvalue weighted by molar-refractivity contribution is 9.10. The second kappa shape index (κ2) is 7.35. The standard InChI is InChI=1S/C17H12BrFN4O2/c18-12-1-2-15(13(19)9-12)21-16(24)10-23-17(25)4-3-14(22-23)11-5-7-20-8-6-11/h1-9H,10H2,(H,21,24). The number of rotatable bonds is 4. The molecular weight excluding hydrogens is 391 g/mol. The van der Waals surface area contributed by atoms with Crippen LogP contribution in [-0.2, 0) is 11.3 Å². The highest BCUT2D eigenvalue weighted by Crippen LogP contribution is 2.19. The van der Waals surface area contributed by atoms with Crippen molar-refractivity contribution in [3.05, 3.63) is 75.5 Å². The molecule has 0 radical (unpaired) electrons. The zero-order valence-electron chi connectivity index (χ0n) is 12.8. The Labute approximate surface area is 150 Å². The average Bonchev–Trinajstić information content (AvgIpc) is 2.60. The van der Waals surface area contributed by atoms with E-state index in [2.05, 4.69) is 31.3 Å². The van der Waals surface area contributed by atoms with E-state index in [1.54, 1.807) is 36.7 Å². The van der Waals surface area contributed by atoms with Gasteiger partial charge in [-0.25, -0.2) is 9.07 Å². The zero-order chi connectivity index (χ0) is 17.8. The highest BCUT2D eigenvalue weighted by atomic mass is 79.9. The van der Waals surface area contributed by atoms with E-state index in [4.69, 9.17) is 0 Å². The molecule has 0 fully saturated rings. The fourth-order valence-corrected chi connectivity index (χ4v) is 2.49. The van der Waals surface area contributed by atoms with E-state index in [1.165, 1.54) is 18.2 Å². The van der Waals surface area contributed by atoms with Crippen LogP contribution in [0, 0.1) is 5.82 Å². The van der Waals surface area contributed by atoms with E-state index in [0.29, 0.717) is 10.2 Å². The molecule has 25 heavy (non-hydrogen) atoms. The quantitative estimate of drug-likeness (QED) is 0.727. The molecule has 0 saturated carbocycles. The molecule has 3 rings (SSSR count). The summed E-state index contributed by atoms with van der Waals surface area (Å²) in [6, 6.07) is 10.7. The lowest BCUT2D eigenvalue weighted by atomic mass is 10.2. The maximum atomic E-state index is 13.8. The molecule has 0 atom stereocenters. The molecule has 0 aliphatic rings. The Morgan fingerprint density at radius 2 is 1.92 bits per heavy atom. The molecule has 0 bridgehead atoms. The van der Waals surface area contributed by atoms with E-state index < -0.39 is 17.3 Å². The molecule has 0 saturated heterocycles. The number of aromatic nitrogens is 3. The van der Waals surface area contributed by atoms with Crippen LogP contribution in [0.15, 0.2) is 64.1 Å². The van der Waals surface area contributed by atoms with Crippen molar-refractivity contribution >= 4 is 27.5 Å². The van der Waals surface area contributed by atoms with Gasteiger partial charge in [-0.15, -0.1) is 0 Å². The first-order valence-electron chi connectivity index (χ1n) is 7.26. The van der Waals surface area contributed by atoms with E-state index in [-0.39, 0.29) is 12.2 Å². The van der Waals surface area contributed by atoms with E-state index in [9.17, 15) is 14.0 Å². The summed E-state index contributed by atoms with van der Waals surface area (Å²) < 4.78 is 15.4. The Hall–Kier alpha value is -2.87. The topological polar surface area (TPSA) is 76.9 Å². The van der Waals surface area contributed by atoms with Crippen molar-refractivity contribution in [3.63, 3.8) is 0 Å². The molecule has 3 aromatic rings. The molecule has 2 heterocycles. The van der Waals surface area contributed by atoms with E-state index >= 15 is 0 Å². The van der Waals surface area contributed by atoms with Gasteiger partial charge in [0.05, 0.1) is 11.4 Å². The number of carbonyl (C=O) groups excluding carboxylic acids is 1. The average molecular weight is 403 g/mol. The number of anilines is 1. The first kappa shape index (κ1) is 17.0. The Bertz CT molecular complexity index is 976. The molecule has 1 aromatic carbocycles. The fourth-order valence-electron chi connectivity index (χ4n) is 2.16.